The third kappa shape index (κ3) is 3.94. The smallest absolute Gasteiger partial charge is 0.405 e. The van der Waals surface area contributed by atoms with E-state index in [9.17, 15) is 18.0 Å². The lowest BCUT2D eigenvalue weighted by Gasteiger charge is -2.19. The van der Waals surface area contributed by atoms with E-state index in [1.807, 2.05) is 0 Å². The van der Waals surface area contributed by atoms with E-state index in [1.165, 1.54) is 30.1 Å². The zero-order valence-corrected chi connectivity index (χ0v) is 13.6. The predicted octanol–water partition coefficient (Wildman–Crippen LogP) is 3.72. The van der Waals surface area contributed by atoms with Crippen LogP contribution in [0.3, 0.4) is 0 Å². The normalized spacial score (nSPS) is 14.1. The van der Waals surface area contributed by atoms with Crippen molar-refractivity contribution in [1.29, 1.82) is 0 Å². The first-order chi connectivity index (χ1) is 11.8. The van der Waals surface area contributed by atoms with Crippen molar-refractivity contribution in [3.63, 3.8) is 0 Å². The van der Waals surface area contributed by atoms with E-state index in [0.717, 1.165) is 37.0 Å². The molecule has 2 aromatic rings. The Hall–Kier alpha value is -2.51. The van der Waals surface area contributed by atoms with Gasteiger partial charge in [0.2, 0.25) is 0 Å². The molecule has 0 bridgehead atoms. The lowest BCUT2D eigenvalue weighted by atomic mass is 9.96. The van der Waals surface area contributed by atoms with Crippen molar-refractivity contribution in [1.82, 2.24) is 10.1 Å². The van der Waals surface area contributed by atoms with Gasteiger partial charge >= 0.3 is 6.36 Å². The van der Waals surface area contributed by atoms with Gasteiger partial charge in [0.25, 0.3) is 5.91 Å². The van der Waals surface area contributed by atoms with Crippen molar-refractivity contribution in [3.05, 3.63) is 46.8 Å². The average molecular weight is 354 g/mol. The molecule has 0 N–H and O–H groups in total. The number of halogens is 3. The van der Waals surface area contributed by atoms with Gasteiger partial charge in [-0.05, 0) is 25.3 Å². The zero-order chi connectivity index (χ0) is 18.0. The lowest BCUT2D eigenvalue weighted by Crippen LogP contribution is -2.28. The van der Waals surface area contributed by atoms with Crippen LogP contribution < -0.4 is 4.74 Å². The maximum atomic E-state index is 12.6. The van der Waals surface area contributed by atoms with Gasteiger partial charge in [-0.3, -0.25) is 4.79 Å². The van der Waals surface area contributed by atoms with Crippen LogP contribution in [0.15, 0.2) is 28.8 Å². The molecule has 0 radical (unpaired) electrons. The van der Waals surface area contributed by atoms with Crippen molar-refractivity contribution in [2.75, 3.05) is 7.05 Å². The number of rotatable bonds is 4. The highest BCUT2D eigenvalue weighted by Crippen LogP contribution is 2.28. The highest BCUT2D eigenvalue weighted by atomic mass is 19.4. The van der Waals surface area contributed by atoms with Crippen LogP contribution in [0.4, 0.5) is 13.2 Å². The summed E-state index contributed by atoms with van der Waals surface area (Å²) in [4.78, 5) is 13.9. The zero-order valence-electron chi connectivity index (χ0n) is 13.6. The summed E-state index contributed by atoms with van der Waals surface area (Å²) in [6, 6.07) is 5.75. The Labute approximate surface area is 142 Å². The van der Waals surface area contributed by atoms with Gasteiger partial charge < -0.3 is 14.2 Å². The number of aryl methyl sites for hydroxylation is 1. The van der Waals surface area contributed by atoms with Gasteiger partial charge in [-0.25, -0.2) is 0 Å². The molecule has 1 aliphatic carbocycles. The van der Waals surface area contributed by atoms with Crippen LogP contribution in [0.2, 0.25) is 0 Å². The van der Waals surface area contributed by atoms with Gasteiger partial charge in [-0.15, -0.1) is 13.2 Å². The maximum absolute atomic E-state index is 12.6. The van der Waals surface area contributed by atoms with Crippen LogP contribution in [0, 0.1) is 0 Å². The van der Waals surface area contributed by atoms with Crippen molar-refractivity contribution >= 4 is 5.91 Å². The minimum Gasteiger partial charge on any atom is -0.405 e. The number of carbonyl (C=O) groups excluding carboxylic acids is 1. The molecule has 0 fully saturated rings. The number of benzene rings is 1. The van der Waals surface area contributed by atoms with Gasteiger partial charge in [0.05, 0.1) is 0 Å². The fraction of sp³-hybridized carbons (Fsp3) is 0.412. The monoisotopic (exact) mass is 354 g/mol. The minimum atomic E-state index is -4.79. The summed E-state index contributed by atoms with van der Waals surface area (Å²) in [6.45, 7) is -0.0350. The van der Waals surface area contributed by atoms with E-state index in [1.54, 1.807) is 6.07 Å². The molecule has 25 heavy (non-hydrogen) atoms. The lowest BCUT2D eigenvalue weighted by molar-refractivity contribution is -0.275. The first kappa shape index (κ1) is 17.3. The molecule has 1 aromatic carbocycles. The highest BCUT2D eigenvalue weighted by Gasteiger charge is 2.32. The number of fused-ring (bicyclic) bond motifs is 1. The summed E-state index contributed by atoms with van der Waals surface area (Å²) in [7, 11) is 1.51. The SMILES string of the molecule is CN(Cc1ccccc1OC(F)(F)F)C(=O)c1noc2c1CCCC2. The van der Waals surface area contributed by atoms with Gasteiger partial charge in [-0.1, -0.05) is 23.4 Å². The summed E-state index contributed by atoms with van der Waals surface area (Å²) in [6.07, 6.45) is -1.36. The molecule has 8 heteroatoms. The van der Waals surface area contributed by atoms with Crippen LogP contribution in [0.1, 0.15) is 40.2 Å². The van der Waals surface area contributed by atoms with Crippen LogP contribution in [-0.4, -0.2) is 29.4 Å². The molecule has 1 aliphatic rings. The van der Waals surface area contributed by atoms with E-state index in [0.29, 0.717) is 0 Å². The van der Waals surface area contributed by atoms with E-state index >= 15 is 0 Å². The summed E-state index contributed by atoms with van der Waals surface area (Å²) in [5, 5.41) is 3.86. The molecular weight excluding hydrogens is 337 g/mol. The Morgan fingerprint density at radius 3 is 2.76 bits per heavy atom. The van der Waals surface area contributed by atoms with E-state index in [4.69, 9.17) is 4.52 Å². The third-order valence-electron chi connectivity index (χ3n) is 4.11. The molecule has 1 amide bonds. The second-order valence-corrected chi connectivity index (χ2v) is 5.96. The topological polar surface area (TPSA) is 55.6 Å². The molecule has 0 aliphatic heterocycles. The summed E-state index contributed by atoms with van der Waals surface area (Å²) < 4.78 is 46.8. The Kier molecular flexibility index (Phi) is 4.69. The Bertz CT molecular complexity index is 771. The second kappa shape index (κ2) is 6.78. The number of ether oxygens (including phenoxy) is 1. The average Bonchev–Trinajstić information content (AvgIpc) is 2.98. The minimum absolute atomic E-state index is 0.0350. The van der Waals surface area contributed by atoms with Crippen molar-refractivity contribution < 1.29 is 27.2 Å². The van der Waals surface area contributed by atoms with Crippen LogP contribution in [0.5, 0.6) is 5.75 Å². The number of hydrogen-bond donors (Lipinski definition) is 0. The number of aromatic nitrogens is 1. The van der Waals surface area contributed by atoms with Crippen molar-refractivity contribution in [3.8, 4) is 5.75 Å². The van der Waals surface area contributed by atoms with E-state index in [2.05, 4.69) is 9.89 Å². The van der Waals surface area contributed by atoms with Crippen LogP contribution in [0.25, 0.3) is 0 Å². The first-order valence-corrected chi connectivity index (χ1v) is 7.91. The molecule has 0 atom stereocenters. The molecule has 1 heterocycles. The summed E-state index contributed by atoms with van der Waals surface area (Å²) in [5.74, 6) is 0.0225. The van der Waals surface area contributed by atoms with E-state index in [-0.39, 0.29) is 29.5 Å². The number of para-hydroxylation sites is 1. The maximum Gasteiger partial charge on any atom is 0.573 e. The Morgan fingerprint density at radius 1 is 1.28 bits per heavy atom. The summed E-state index contributed by atoms with van der Waals surface area (Å²) in [5.41, 5.74) is 1.31. The fourth-order valence-corrected chi connectivity index (χ4v) is 2.92. The number of amides is 1. The Morgan fingerprint density at radius 2 is 2.00 bits per heavy atom. The molecule has 5 nitrogen and oxygen atoms in total. The second-order valence-electron chi connectivity index (χ2n) is 5.96. The predicted molar refractivity (Wildman–Crippen MR) is 82.1 cm³/mol. The first-order valence-electron chi connectivity index (χ1n) is 7.91. The quantitative estimate of drug-likeness (QED) is 0.840. The molecule has 0 unspecified atom stereocenters. The molecular formula is C17H17F3N2O3. The highest BCUT2D eigenvalue weighted by molar-refractivity contribution is 5.93. The third-order valence-corrected chi connectivity index (χ3v) is 4.11. The largest absolute Gasteiger partial charge is 0.573 e. The molecule has 1 aromatic heterocycles. The van der Waals surface area contributed by atoms with Crippen LogP contribution in [-0.2, 0) is 19.4 Å². The molecule has 0 saturated heterocycles. The molecule has 0 saturated carbocycles. The number of alkyl halides is 3. The van der Waals surface area contributed by atoms with E-state index < -0.39 is 6.36 Å². The molecule has 3 rings (SSSR count). The van der Waals surface area contributed by atoms with Gasteiger partial charge in [0.1, 0.15) is 11.5 Å². The standard InChI is InChI=1S/C17H17F3N2O3/c1-22(10-11-6-2-4-8-13(11)24-17(18,19)20)16(23)15-12-7-3-5-9-14(12)25-21-15/h2,4,6,8H,3,5,7,9-10H2,1H3. The van der Waals surface area contributed by atoms with Gasteiger partial charge in [0, 0.05) is 31.1 Å². The summed E-state index contributed by atoms with van der Waals surface area (Å²) >= 11 is 0. The molecule has 0 spiro atoms. The van der Waals surface area contributed by atoms with Crippen molar-refractivity contribution in [2.24, 2.45) is 0 Å². The molecule has 134 valence electrons. The number of hydrogen-bond acceptors (Lipinski definition) is 4. The van der Waals surface area contributed by atoms with Gasteiger partial charge in [-0.2, -0.15) is 0 Å². The van der Waals surface area contributed by atoms with Gasteiger partial charge in [0.15, 0.2) is 5.69 Å². The van der Waals surface area contributed by atoms with Crippen molar-refractivity contribution in [2.45, 2.75) is 38.6 Å². The van der Waals surface area contributed by atoms with Crippen LogP contribution >= 0.6 is 0 Å². The number of nitrogens with zero attached hydrogens (tertiary/aromatic N) is 2. The fourth-order valence-electron chi connectivity index (χ4n) is 2.92. The Balaban J connectivity index is 1.77. The number of carbonyl (C=O) groups is 1.